The first kappa shape index (κ1) is 19.7. The van der Waals surface area contributed by atoms with Gasteiger partial charge < -0.3 is 15.0 Å². The third-order valence-electron chi connectivity index (χ3n) is 5.06. The van der Waals surface area contributed by atoms with Crippen LogP contribution in [0.5, 0.6) is 0 Å². The van der Waals surface area contributed by atoms with Gasteiger partial charge in [-0.3, -0.25) is 19.3 Å². The average molecular weight is 353 g/mol. The van der Waals surface area contributed by atoms with Crippen LogP contribution in [0.15, 0.2) is 0 Å². The minimum atomic E-state index is -0.759. The number of esters is 1. The van der Waals surface area contributed by atoms with E-state index in [9.17, 15) is 14.4 Å². The summed E-state index contributed by atoms with van der Waals surface area (Å²) in [5, 5.41) is 2.74. The zero-order chi connectivity index (χ0) is 18.2. The van der Waals surface area contributed by atoms with Gasteiger partial charge in [0.25, 0.3) is 0 Å². The molecule has 1 atom stereocenters. The number of hydrogen-bond acceptors (Lipinski definition) is 5. The van der Waals surface area contributed by atoms with Gasteiger partial charge in [-0.05, 0) is 26.3 Å². The van der Waals surface area contributed by atoms with Gasteiger partial charge in [-0.25, -0.2) is 0 Å². The number of carbonyl (C=O) groups excluding carboxylic acids is 3. The highest BCUT2D eigenvalue weighted by Crippen LogP contribution is 2.22. The zero-order valence-electron chi connectivity index (χ0n) is 15.5. The fourth-order valence-corrected chi connectivity index (χ4v) is 3.60. The predicted octanol–water partition coefficient (Wildman–Crippen LogP) is 0.921. The van der Waals surface area contributed by atoms with Gasteiger partial charge in [-0.15, -0.1) is 0 Å². The van der Waals surface area contributed by atoms with Gasteiger partial charge in [-0.2, -0.15) is 0 Å². The van der Waals surface area contributed by atoms with Crippen LogP contribution in [-0.4, -0.2) is 73.0 Å². The number of nitrogens with zero attached hydrogens (tertiary/aromatic N) is 2. The van der Waals surface area contributed by atoms with Crippen LogP contribution >= 0.6 is 0 Å². The summed E-state index contributed by atoms with van der Waals surface area (Å²) in [5.41, 5.74) is 0. The predicted molar refractivity (Wildman–Crippen MR) is 93.9 cm³/mol. The van der Waals surface area contributed by atoms with Gasteiger partial charge in [0.15, 0.2) is 0 Å². The second-order valence-electron chi connectivity index (χ2n) is 7.03. The number of piperazine rings is 1. The number of nitrogens with one attached hydrogen (secondary N) is 1. The third kappa shape index (κ3) is 5.70. The van der Waals surface area contributed by atoms with E-state index >= 15 is 0 Å². The van der Waals surface area contributed by atoms with E-state index in [4.69, 9.17) is 4.74 Å². The lowest BCUT2D eigenvalue weighted by Gasteiger charge is -2.37. The van der Waals surface area contributed by atoms with E-state index < -0.39 is 12.0 Å². The molecule has 25 heavy (non-hydrogen) atoms. The smallest absolute Gasteiger partial charge is 0.308 e. The zero-order valence-corrected chi connectivity index (χ0v) is 15.5. The molecule has 1 unspecified atom stereocenters. The molecule has 1 aliphatic heterocycles. The van der Waals surface area contributed by atoms with Crippen molar-refractivity contribution in [3.63, 3.8) is 0 Å². The standard InChI is InChI=1S/C18H31N3O4/c1-3-11-25-17(23)12-15-18(24)19-9-10-21(15)16(22)13-20(2)14-7-5-4-6-8-14/h14-15H,3-13H2,1-2H3,(H,19,24). The molecule has 0 aromatic carbocycles. The Hall–Kier alpha value is -1.63. The van der Waals surface area contributed by atoms with Crippen molar-refractivity contribution in [3.05, 3.63) is 0 Å². The molecular formula is C18H31N3O4. The minimum absolute atomic E-state index is 0.0787. The molecule has 1 saturated carbocycles. The Bertz CT molecular complexity index is 477. The normalized spacial score (nSPS) is 22.0. The highest BCUT2D eigenvalue weighted by atomic mass is 16.5. The van der Waals surface area contributed by atoms with Crippen LogP contribution < -0.4 is 5.32 Å². The molecule has 7 nitrogen and oxygen atoms in total. The van der Waals surface area contributed by atoms with Crippen LogP contribution in [0.1, 0.15) is 51.9 Å². The first-order chi connectivity index (χ1) is 12.0. The van der Waals surface area contributed by atoms with Crippen LogP contribution in [0.4, 0.5) is 0 Å². The molecule has 0 aromatic heterocycles. The molecule has 142 valence electrons. The molecule has 2 fully saturated rings. The van der Waals surface area contributed by atoms with Gasteiger partial charge in [0.1, 0.15) is 6.04 Å². The summed E-state index contributed by atoms with van der Waals surface area (Å²) in [4.78, 5) is 40.5. The van der Waals surface area contributed by atoms with Gasteiger partial charge in [0.05, 0.1) is 19.6 Å². The summed E-state index contributed by atoms with van der Waals surface area (Å²) in [6.07, 6.45) is 6.59. The van der Waals surface area contributed by atoms with Crippen LogP contribution in [0.3, 0.4) is 0 Å². The van der Waals surface area contributed by atoms with E-state index in [1.54, 1.807) is 4.90 Å². The Balaban J connectivity index is 1.94. The van der Waals surface area contributed by atoms with E-state index in [0.29, 0.717) is 32.3 Å². The van der Waals surface area contributed by atoms with Crippen LogP contribution in [0.25, 0.3) is 0 Å². The molecule has 1 aliphatic carbocycles. The SMILES string of the molecule is CCCOC(=O)CC1C(=O)NCCN1C(=O)CN(C)C1CCCCC1. The molecule has 0 aromatic rings. The second kappa shape index (κ2) is 9.75. The van der Waals surface area contributed by atoms with Crippen molar-refractivity contribution in [1.82, 2.24) is 15.1 Å². The number of amides is 2. The molecule has 7 heteroatoms. The molecule has 0 bridgehead atoms. The number of ether oxygens (including phenoxy) is 1. The third-order valence-corrected chi connectivity index (χ3v) is 5.06. The van der Waals surface area contributed by atoms with Crippen molar-refractivity contribution in [2.24, 2.45) is 0 Å². The number of rotatable bonds is 7. The summed E-state index contributed by atoms with van der Waals surface area (Å²) in [7, 11) is 1.97. The average Bonchev–Trinajstić information content (AvgIpc) is 2.62. The fourth-order valence-electron chi connectivity index (χ4n) is 3.60. The van der Waals surface area contributed by atoms with Crippen molar-refractivity contribution in [3.8, 4) is 0 Å². The molecule has 1 heterocycles. The van der Waals surface area contributed by atoms with Gasteiger partial charge in [0.2, 0.25) is 11.8 Å². The molecule has 2 aliphatic rings. The molecule has 2 rings (SSSR count). The topological polar surface area (TPSA) is 79.0 Å². The van der Waals surface area contributed by atoms with Crippen LogP contribution in [0.2, 0.25) is 0 Å². The Morgan fingerprint density at radius 3 is 2.68 bits per heavy atom. The van der Waals surface area contributed by atoms with Crippen molar-refractivity contribution in [1.29, 1.82) is 0 Å². The monoisotopic (exact) mass is 353 g/mol. The summed E-state index contributed by atoms with van der Waals surface area (Å²) >= 11 is 0. The number of carbonyl (C=O) groups is 3. The lowest BCUT2D eigenvalue weighted by atomic mass is 9.94. The summed E-state index contributed by atoms with van der Waals surface area (Å²) in [6.45, 7) is 3.41. The highest BCUT2D eigenvalue weighted by Gasteiger charge is 2.35. The Morgan fingerprint density at radius 2 is 2.00 bits per heavy atom. The van der Waals surface area contributed by atoms with E-state index in [2.05, 4.69) is 10.2 Å². The summed E-state index contributed by atoms with van der Waals surface area (Å²) in [6, 6.07) is -0.324. The van der Waals surface area contributed by atoms with E-state index in [1.165, 1.54) is 19.3 Å². The van der Waals surface area contributed by atoms with Crippen LogP contribution in [-0.2, 0) is 19.1 Å². The van der Waals surface area contributed by atoms with Crippen molar-refractivity contribution >= 4 is 17.8 Å². The first-order valence-electron chi connectivity index (χ1n) is 9.46. The highest BCUT2D eigenvalue weighted by molar-refractivity contribution is 5.92. The second-order valence-corrected chi connectivity index (χ2v) is 7.03. The molecule has 0 radical (unpaired) electrons. The lowest BCUT2D eigenvalue weighted by Crippen LogP contribution is -2.59. The maximum absolute atomic E-state index is 12.8. The van der Waals surface area contributed by atoms with Gasteiger partial charge in [0, 0.05) is 19.1 Å². The molecule has 1 N–H and O–H groups in total. The number of likely N-dealkylation sites (N-methyl/N-ethyl adjacent to an activating group) is 1. The lowest BCUT2D eigenvalue weighted by molar-refractivity contribution is -0.152. The number of hydrogen-bond donors (Lipinski definition) is 1. The van der Waals surface area contributed by atoms with Gasteiger partial charge >= 0.3 is 5.97 Å². The summed E-state index contributed by atoms with van der Waals surface area (Å²) in [5.74, 6) is -0.785. The van der Waals surface area contributed by atoms with Crippen molar-refractivity contribution in [2.45, 2.75) is 64.0 Å². The quantitative estimate of drug-likeness (QED) is 0.689. The fraction of sp³-hybridized carbons (Fsp3) is 0.833. The largest absolute Gasteiger partial charge is 0.466 e. The first-order valence-corrected chi connectivity index (χ1v) is 9.46. The molecule has 1 saturated heterocycles. The van der Waals surface area contributed by atoms with E-state index in [-0.39, 0.29) is 18.2 Å². The van der Waals surface area contributed by atoms with E-state index in [1.807, 2.05) is 14.0 Å². The minimum Gasteiger partial charge on any atom is -0.466 e. The Morgan fingerprint density at radius 1 is 1.28 bits per heavy atom. The van der Waals surface area contributed by atoms with Crippen molar-refractivity contribution < 1.29 is 19.1 Å². The van der Waals surface area contributed by atoms with E-state index in [0.717, 1.165) is 19.3 Å². The maximum Gasteiger partial charge on any atom is 0.308 e. The maximum atomic E-state index is 12.8. The molecule has 2 amide bonds. The molecular weight excluding hydrogens is 322 g/mol. The Kier molecular flexibility index (Phi) is 7.68. The van der Waals surface area contributed by atoms with Gasteiger partial charge in [-0.1, -0.05) is 26.2 Å². The Labute approximate surface area is 150 Å². The summed E-state index contributed by atoms with van der Waals surface area (Å²) < 4.78 is 5.08. The molecule has 0 spiro atoms. The van der Waals surface area contributed by atoms with Crippen LogP contribution in [0, 0.1) is 0 Å². The van der Waals surface area contributed by atoms with Crippen molar-refractivity contribution in [2.75, 3.05) is 33.3 Å².